The molecule has 1 amide bonds. The highest BCUT2D eigenvalue weighted by Gasteiger charge is 2.37. The standard InChI is InChI=1S/C28H24ClFN6O2.C7H12FN/c1-4-22(37)36-15-18(13-17(36)11-12-31)35(2)27-20-14-32-25(24(30)26(20)33-28(34-27)38-3)19-9-5-7-16-8-6-10-21(29)23(16)19;8-6-4-7-2-1-3-9(7)5-6/h4-10,14,17-18H,1,11,13,15H2,2-3H3;6-7H,1-5H2. The zero-order valence-electron chi connectivity index (χ0n) is 26.4. The summed E-state index contributed by atoms with van der Waals surface area (Å²) in [5, 5.41) is 11.7. The Morgan fingerprint density at radius 1 is 1.23 bits per heavy atom. The van der Waals surface area contributed by atoms with Crippen molar-refractivity contribution >= 4 is 45.0 Å². The van der Waals surface area contributed by atoms with Gasteiger partial charge in [-0.1, -0.05) is 48.5 Å². The second-order valence-corrected chi connectivity index (χ2v) is 12.6. The van der Waals surface area contributed by atoms with Crippen LogP contribution in [0.25, 0.3) is 32.9 Å². The number of alkyl halides is 1. The topological polar surface area (TPSA) is 98.5 Å². The normalized spacial score (nSPS) is 22.1. The van der Waals surface area contributed by atoms with Crippen molar-refractivity contribution in [1.82, 2.24) is 24.8 Å². The molecule has 12 heteroatoms. The third-order valence-electron chi connectivity index (χ3n) is 9.45. The molecule has 4 atom stereocenters. The summed E-state index contributed by atoms with van der Waals surface area (Å²) in [5.74, 6) is -0.450. The summed E-state index contributed by atoms with van der Waals surface area (Å²) < 4.78 is 34.1. The predicted molar refractivity (Wildman–Crippen MR) is 179 cm³/mol. The highest BCUT2D eigenvalue weighted by molar-refractivity contribution is 6.36. The number of rotatable bonds is 6. The number of halogens is 3. The Balaban J connectivity index is 0.000000366. The van der Waals surface area contributed by atoms with Crippen LogP contribution in [-0.2, 0) is 4.79 Å². The molecule has 4 unspecified atom stereocenters. The van der Waals surface area contributed by atoms with Crippen LogP contribution in [0.3, 0.4) is 0 Å². The number of methoxy groups -OCH3 is 1. The van der Waals surface area contributed by atoms with Crippen LogP contribution in [0.5, 0.6) is 6.01 Å². The quantitative estimate of drug-likeness (QED) is 0.221. The smallest absolute Gasteiger partial charge is 0.318 e. The molecule has 4 aromatic rings. The average molecular weight is 660 g/mol. The van der Waals surface area contributed by atoms with E-state index in [4.69, 9.17) is 16.3 Å². The van der Waals surface area contributed by atoms with Crippen molar-refractivity contribution in [3.05, 3.63) is 66.1 Å². The van der Waals surface area contributed by atoms with Gasteiger partial charge in [0.1, 0.15) is 23.2 Å². The van der Waals surface area contributed by atoms with Gasteiger partial charge in [-0.3, -0.25) is 14.7 Å². The molecule has 0 saturated carbocycles. The van der Waals surface area contributed by atoms with Crippen LogP contribution in [0.15, 0.2) is 55.3 Å². The molecule has 0 bridgehead atoms. The SMILES string of the molecule is C=CC(=O)N1CC(N(C)c2nc(OC)nc3c(F)c(-c4cccc5cccc(Cl)c45)ncc23)CC1CC#N.FC1CC2CCCN2C1. The minimum absolute atomic E-state index is 0.00283. The number of amides is 1. The number of hydrogen-bond acceptors (Lipinski definition) is 8. The van der Waals surface area contributed by atoms with Gasteiger partial charge in [0, 0.05) is 60.4 Å². The molecule has 3 aliphatic heterocycles. The number of fused-ring (bicyclic) bond motifs is 3. The zero-order valence-corrected chi connectivity index (χ0v) is 27.1. The summed E-state index contributed by atoms with van der Waals surface area (Å²) >= 11 is 6.49. The molecule has 3 fully saturated rings. The number of anilines is 1. The monoisotopic (exact) mass is 659 g/mol. The van der Waals surface area contributed by atoms with Gasteiger partial charge in [0.05, 0.1) is 25.0 Å². The Kier molecular flexibility index (Phi) is 9.52. The molecule has 3 saturated heterocycles. The minimum atomic E-state index is -0.623. The van der Waals surface area contributed by atoms with Gasteiger partial charge in [-0.05, 0) is 49.8 Å². The van der Waals surface area contributed by atoms with E-state index in [2.05, 4.69) is 32.5 Å². The van der Waals surface area contributed by atoms with Crippen LogP contribution in [0.2, 0.25) is 5.02 Å². The largest absolute Gasteiger partial charge is 0.467 e. The highest BCUT2D eigenvalue weighted by atomic mass is 35.5. The van der Waals surface area contributed by atoms with Crippen molar-refractivity contribution in [2.45, 2.75) is 56.4 Å². The Labute approximate surface area is 277 Å². The van der Waals surface area contributed by atoms with Crippen LogP contribution >= 0.6 is 11.6 Å². The lowest BCUT2D eigenvalue weighted by Crippen LogP contribution is -2.37. The van der Waals surface area contributed by atoms with Gasteiger partial charge in [0.15, 0.2) is 5.82 Å². The summed E-state index contributed by atoms with van der Waals surface area (Å²) in [6, 6.07) is 13.3. The Morgan fingerprint density at radius 3 is 2.74 bits per heavy atom. The van der Waals surface area contributed by atoms with Crippen LogP contribution in [0.4, 0.5) is 14.6 Å². The lowest BCUT2D eigenvalue weighted by atomic mass is 10.0. The molecule has 7 rings (SSSR count). The number of hydrogen-bond donors (Lipinski definition) is 0. The fourth-order valence-electron chi connectivity index (χ4n) is 7.12. The average Bonchev–Trinajstić information content (AvgIpc) is 3.79. The van der Waals surface area contributed by atoms with Crippen LogP contribution in [0.1, 0.15) is 32.1 Å². The van der Waals surface area contributed by atoms with Crippen molar-refractivity contribution in [3.63, 3.8) is 0 Å². The first kappa shape index (κ1) is 32.5. The van der Waals surface area contributed by atoms with Crippen LogP contribution < -0.4 is 9.64 Å². The number of nitriles is 1. The highest BCUT2D eigenvalue weighted by Crippen LogP contribution is 2.38. The summed E-state index contributed by atoms with van der Waals surface area (Å²) in [7, 11) is 3.23. The third-order valence-corrected chi connectivity index (χ3v) is 9.77. The summed E-state index contributed by atoms with van der Waals surface area (Å²) in [5.41, 5.74) is 0.718. The lowest BCUT2D eigenvalue weighted by Gasteiger charge is -2.27. The van der Waals surface area contributed by atoms with Gasteiger partial charge >= 0.3 is 6.01 Å². The molecule has 47 heavy (non-hydrogen) atoms. The van der Waals surface area contributed by atoms with Crippen molar-refractivity contribution in [3.8, 4) is 23.3 Å². The number of likely N-dealkylation sites (tertiary alicyclic amines) is 1. The second kappa shape index (κ2) is 13.8. The first-order valence-corrected chi connectivity index (χ1v) is 16.1. The number of benzene rings is 2. The molecule has 0 spiro atoms. The van der Waals surface area contributed by atoms with Gasteiger partial charge in [0.2, 0.25) is 5.91 Å². The van der Waals surface area contributed by atoms with Crippen LogP contribution in [0, 0.1) is 17.1 Å². The van der Waals surface area contributed by atoms with Crippen molar-refractivity contribution < 1.29 is 18.3 Å². The zero-order chi connectivity index (χ0) is 33.2. The van der Waals surface area contributed by atoms with E-state index in [1.54, 1.807) is 23.2 Å². The summed E-state index contributed by atoms with van der Waals surface area (Å²) in [6.45, 7) is 5.80. The van der Waals surface area contributed by atoms with E-state index in [0.29, 0.717) is 52.7 Å². The van der Waals surface area contributed by atoms with Crippen molar-refractivity contribution in [2.75, 3.05) is 38.7 Å². The number of pyridine rings is 1. The molecular formula is C35H36ClF2N7O2. The number of likely N-dealkylation sites (N-methyl/N-ethyl adjacent to an activating group) is 1. The number of aromatic nitrogens is 3. The number of carbonyl (C=O) groups excluding carboxylic acids is 1. The third kappa shape index (κ3) is 6.32. The Morgan fingerprint density at radius 2 is 2.02 bits per heavy atom. The lowest BCUT2D eigenvalue weighted by molar-refractivity contribution is -0.126. The van der Waals surface area contributed by atoms with E-state index in [1.165, 1.54) is 26.0 Å². The van der Waals surface area contributed by atoms with E-state index in [-0.39, 0.29) is 41.6 Å². The first-order chi connectivity index (χ1) is 22.7. The minimum Gasteiger partial charge on any atom is -0.467 e. The van der Waals surface area contributed by atoms with Crippen LogP contribution in [-0.4, -0.2) is 88.7 Å². The molecule has 244 valence electrons. The summed E-state index contributed by atoms with van der Waals surface area (Å²) in [6.07, 6.45) is 6.34. The maximum absolute atomic E-state index is 16.2. The fourth-order valence-corrected chi connectivity index (χ4v) is 7.40. The molecule has 0 N–H and O–H groups in total. The molecule has 3 aliphatic rings. The van der Waals surface area contributed by atoms with Gasteiger partial charge in [-0.2, -0.15) is 15.2 Å². The molecule has 9 nitrogen and oxygen atoms in total. The second-order valence-electron chi connectivity index (χ2n) is 12.2. The molecule has 0 radical (unpaired) electrons. The maximum Gasteiger partial charge on any atom is 0.318 e. The fraction of sp³-hybridized carbons (Fsp3) is 0.400. The van der Waals surface area contributed by atoms with E-state index in [1.807, 2.05) is 36.2 Å². The Hall–Kier alpha value is -4.40. The molecule has 2 aromatic heterocycles. The number of carbonyl (C=O) groups is 1. The van der Waals surface area contributed by atoms with E-state index in [9.17, 15) is 14.4 Å². The molecule has 2 aromatic carbocycles. The van der Waals surface area contributed by atoms with Gasteiger partial charge in [-0.15, -0.1) is 0 Å². The predicted octanol–water partition coefficient (Wildman–Crippen LogP) is 6.34. The van der Waals surface area contributed by atoms with E-state index < -0.39 is 12.0 Å². The maximum atomic E-state index is 16.2. The Bertz CT molecular complexity index is 1850. The van der Waals surface area contributed by atoms with Crippen molar-refractivity contribution in [1.29, 1.82) is 5.26 Å². The van der Waals surface area contributed by atoms with E-state index >= 15 is 4.39 Å². The van der Waals surface area contributed by atoms with Gasteiger partial charge in [0.25, 0.3) is 0 Å². The van der Waals surface area contributed by atoms with E-state index in [0.717, 1.165) is 18.4 Å². The van der Waals surface area contributed by atoms with Gasteiger partial charge in [-0.25, -0.2) is 8.78 Å². The summed E-state index contributed by atoms with van der Waals surface area (Å²) in [4.78, 5) is 31.5. The molecule has 0 aliphatic carbocycles. The molecule has 5 heterocycles. The number of ether oxygens (including phenoxy) is 1. The first-order valence-electron chi connectivity index (χ1n) is 15.7. The van der Waals surface area contributed by atoms with Crippen molar-refractivity contribution in [2.24, 2.45) is 0 Å². The number of nitrogens with zero attached hydrogens (tertiary/aromatic N) is 7. The van der Waals surface area contributed by atoms with Gasteiger partial charge < -0.3 is 14.5 Å². The molecular weight excluding hydrogens is 624 g/mol.